The zero-order valence-electron chi connectivity index (χ0n) is 17.9. The van der Waals surface area contributed by atoms with E-state index in [9.17, 15) is 15.0 Å². The minimum Gasteiger partial charge on any atom is -0.507 e. The lowest BCUT2D eigenvalue weighted by Gasteiger charge is -2.34. The summed E-state index contributed by atoms with van der Waals surface area (Å²) in [5, 5.41) is 27.1. The zero-order chi connectivity index (χ0) is 22.8. The molecule has 0 aliphatic carbocycles. The number of rotatable bonds is 5. The average molecular weight is 456 g/mol. The molecule has 1 aliphatic heterocycles. The Kier molecular flexibility index (Phi) is 6.25. The first-order chi connectivity index (χ1) is 15.4. The van der Waals surface area contributed by atoms with Crippen LogP contribution in [0.5, 0.6) is 11.5 Å². The summed E-state index contributed by atoms with van der Waals surface area (Å²) in [6.07, 6.45) is 0. The second-order valence-corrected chi connectivity index (χ2v) is 8.16. The molecule has 8 nitrogen and oxygen atoms in total. The monoisotopic (exact) mass is 455 g/mol. The van der Waals surface area contributed by atoms with Crippen molar-refractivity contribution in [1.29, 1.82) is 0 Å². The van der Waals surface area contributed by atoms with E-state index in [0.717, 1.165) is 43.5 Å². The molecule has 3 N–H and O–H groups in total. The molecule has 1 amide bonds. The van der Waals surface area contributed by atoms with Crippen LogP contribution in [0, 0.1) is 0 Å². The summed E-state index contributed by atoms with van der Waals surface area (Å²) in [4.78, 5) is 17.3. The van der Waals surface area contributed by atoms with Crippen molar-refractivity contribution in [3.05, 3.63) is 47.1 Å². The average Bonchev–Trinajstić information content (AvgIpc) is 3.22. The molecule has 3 aromatic rings. The Morgan fingerprint density at radius 3 is 2.62 bits per heavy atom. The number of aromatic hydroxyl groups is 2. The minimum atomic E-state index is -0.383. The molecule has 0 unspecified atom stereocenters. The summed E-state index contributed by atoms with van der Waals surface area (Å²) in [6.45, 7) is 5.97. The second-order valence-electron chi connectivity index (χ2n) is 7.76. The van der Waals surface area contributed by atoms with Crippen molar-refractivity contribution >= 4 is 23.2 Å². The van der Waals surface area contributed by atoms with Crippen LogP contribution in [-0.4, -0.2) is 65.9 Å². The third-order valence-corrected chi connectivity index (χ3v) is 5.86. The van der Waals surface area contributed by atoms with E-state index in [1.807, 2.05) is 31.2 Å². The van der Waals surface area contributed by atoms with Crippen LogP contribution in [0.25, 0.3) is 22.5 Å². The summed E-state index contributed by atoms with van der Waals surface area (Å²) in [6, 6.07) is 10.3. The molecular weight excluding hydrogens is 431 g/mol. The quantitative estimate of drug-likeness (QED) is 0.540. The van der Waals surface area contributed by atoms with Crippen LogP contribution < -0.4 is 10.2 Å². The van der Waals surface area contributed by atoms with E-state index < -0.39 is 0 Å². The van der Waals surface area contributed by atoms with Crippen molar-refractivity contribution in [2.24, 2.45) is 0 Å². The molecule has 2 aromatic carbocycles. The Morgan fingerprint density at radius 1 is 1.16 bits per heavy atom. The zero-order valence-corrected chi connectivity index (χ0v) is 18.7. The van der Waals surface area contributed by atoms with E-state index in [1.54, 1.807) is 0 Å². The number of nitrogens with zero attached hydrogens (tertiary/aromatic N) is 3. The molecule has 0 bridgehead atoms. The number of likely N-dealkylation sites (N-methyl/N-ethyl adjacent to an activating group) is 1. The molecule has 1 fully saturated rings. The van der Waals surface area contributed by atoms with E-state index in [4.69, 9.17) is 16.1 Å². The van der Waals surface area contributed by atoms with Crippen molar-refractivity contribution in [1.82, 2.24) is 15.4 Å². The Labute approximate surface area is 191 Å². The molecule has 1 aliphatic rings. The highest BCUT2D eigenvalue weighted by atomic mass is 35.5. The highest BCUT2D eigenvalue weighted by Gasteiger charge is 2.27. The first kappa shape index (κ1) is 22.0. The van der Waals surface area contributed by atoms with E-state index in [1.165, 1.54) is 6.07 Å². The van der Waals surface area contributed by atoms with Crippen molar-refractivity contribution in [2.45, 2.75) is 6.92 Å². The highest BCUT2D eigenvalue weighted by Crippen LogP contribution is 2.43. The standard InChI is InChI=1S/C23H25ClN4O4/c1-3-25-23(31)21-20(22(32-26-21)16-12-17(24)19(30)13-18(16)29)14-5-4-6-15(11-14)28-9-7-27(2)8-10-28/h4-6,11-13,29-30H,3,7-10H2,1-2H3,(H,25,31)/i2-1. The summed E-state index contributed by atoms with van der Waals surface area (Å²) >= 11 is 6.08. The van der Waals surface area contributed by atoms with Gasteiger partial charge in [0.1, 0.15) is 11.5 Å². The molecule has 1 aromatic heterocycles. The third kappa shape index (κ3) is 4.24. The Bertz CT molecular complexity index is 1140. The summed E-state index contributed by atoms with van der Waals surface area (Å²) < 4.78 is 5.55. The molecule has 0 radical (unpaired) electrons. The number of hydrogen-bond acceptors (Lipinski definition) is 7. The largest absolute Gasteiger partial charge is 0.507 e. The van der Waals surface area contributed by atoms with Gasteiger partial charge in [-0.1, -0.05) is 28.9 Å². The predicted molar refractivity (Wildman–Crippen MR) is 123 cm³/mol. The van der Waals surface area contributed by atoms with Gasteiger partial charge in [0.15, 0.2) is 11.5 Å². The number of nitrogens with one attached hydrogen (secondary N) is 1. The number of carbonyl (C=O) groups excluding carboxylic acids is 1. The lowest BCUT2D eigenvalue weighted by Crippen LogP contribution is -2.44. The SMILES string of the molecule is CCNC(=O)c1noc(-c2cc(Cl)c(O)cc2O)c1-c1cccc(N2CCN([11CH3])CC2)c1. The van der Waals surface area contributed by atoms with Gasteiger partial charge < -0.3 is 29.9 Å². The Balaban J connectivity index is 1.84. The van der Waals surface area contributed by atoms with Gasteiger partial charge >= 0.3 is 0 Å². The minimum absolute atomic E-state index is 0.0471. The third-order valence-electron chi connectivity index (χ3n) is 5.56. The van der Waals surface area contributed by atoms with Crippen LogP contribution in [0.2, 0.25) is 5.02 Å². The molecule has 1 saturated heterocycles. The number of anilines is 1. The van der Waals surface area contributed by atoms with Gasteiger partial charge in [-0.3, -0.25) is 4.79 Å². The maximum atomic E-state index is 12.7. The van der Waals surface area contributed by atoms with Crippen molar-refractivity contribution in [3.63, 3.8) is 0 Å². The van der Waals surface area contributed by atoms with Gasteiger partial charge in [-0.2, -0.15) is 0 Å². The first-order valence-electron chi connectivity index (χ1n) is 10.4. The van der Waals surface area contributed by atoms with Crippen molar-refractivity contribution < 1.29 is 19.5 Å². The summed E-state index contributed by atoms with van der Waals surface area (Å²) in [5.41, 5.74) is 2.54. The van der Waals surface area contributed by atoms with Crippen LogP contribution in [0.4, 0.5) is 5.69 Å². The number of carbonyl (C=O) groups is 1. The van der Waals surface area contributed by atoms with Gasteiger partial charge in [0.2, 0.25) is 0 Å². The van der Waals surface area contributed by atoms with Crippen LogP contribution in [0.3, 0.4) is 0 Å². The molecule has 0 spiro atoms. The van der Waals surface area contributed by atoms with E-state index in [-0.39, 0.29) is 39.4 Å². The maximum absolute atomic E-state index is 12.7. The highest BCUT2D eigenvalue weighted by molar-refractivity contribution is 6.32. The molecule has 4 rings (SSSR count). The lowest BCUT2D eigenvalue weighted by atomic mass is 9.97. The first-order valence-corrected chi connectivity index (χ1v) is 10.8. The molecule has 32 heavy (non-hydrogen) atoms. The van der Waals surface area contributed by atoms with Gasteiger partial charge in [-0.05, 0) is 37.7 Å². The lowest BCUT2D eigenvalue weighted by molar-refractivity contribution is 0.0947. The fraction of sp³-hybridized carbons (Fsp3) is 0.304. The molecule has 168 valence electrons. The Hall–Kier alpha value is -3.23. The molecule has 2 heterocycles. The van der Waals surface area contributed by atoms with Crippen LogP contribution in [0.15, 0.2) is 40.9 Å². The fourth-order valence-electron chi connectivity index (χ4n) is 3.80. The Morgan fingerprint density at radius 2 is 1.91 bits per heavy atom. The van der Waals surface area contributed by atoms with Crippen molar-refractivity contribution in [2.75, 3.05) is 44.7 Å². The molecule has 0 atom stereocenters. The second kappa shape index (κ2) is 9.10. The van der Waals surface area contributed by atoms with Gasteiger partial charge in [-0.25, -0.2) is 0 Å². The normalized spacial score (nSPS) is 14.5. The number of aromatic nitrogens is 1. The number of piperazine rings is 1. The predicted octanol–water partition coefficient (Wildman–Crippen LogP) is 3.57. The smallest absolute Gasteiger partial charge is 0.274 e. The number of benzene rings is 2. The van der Waals surface area contributed by atoms with Gasteiger partial charge in [0.05, 0.1) is 16.1 Å². The van der Waals surface area contributed by atoms with E-state index in [2.05, 4.69) is 27.3 Å². The molecule has 9 heteroatoms. The fourth-order valence-corrected chi connectivity index (χ4v) is 3.96. The summed E-state index contributed by atoms with van der Waals surface area (Å²) in [7, 11) is 2.10. The molecular formula is C23H25ClN4O4. The number of phenolic OH excluding ortho intramolecular Hbond substituents is 2. The topological polar surface area (TPSA) is 102 Å². The van der Waals surface area contributed by atoms with Gasteiger partial charge in [0.25, 0.3) is 5.91 Å². The van der Waals surface area contributed by atoms with Gasteiger partial charge in [-0.15, -0.1) is 0 Å². The number of halogens is 1. The number of phenols is 2. The van der Waals surface area contributed by atoms with Crippen LogP contribution >= 0.6 is 11.6 Å². The van der Waals surface area contributed by atoms with E-state index in [0.29, 0.717) is 12.1 Å². The van der Waals surface area contributed by atoms with Gasteiger partial charge in [0, 0.05) is 44.5 Å². The van der Waals surface area contributed by atoms with Crippen LogP contribution in [0.1, 0.15) is 17.4 Å². The van der Waals surface area contributed by atoms with Crippen molar-refractivity contribution in [3.8, 4) is 33.9 Å². The van der Waals surface area contributed by atoms with Crippen LogP contribution in [-0.2, 0) is 0 Å². The summed E-state index contributed by atoms with van der Waals surface area (Å²) in [5.74, 6) is -0.676. The van der Waals surface area contributed by atoms with E-state index >= 15 is 0 Å². The molecule has 0 saturated carbocycles. The number of hydrogen-bond donors (Lipinski definition) is 3. The maximum Gasteiger partial charge on any atom is 0.274 e. The number of amides is 1.